The first-order valence-electron chi connectivity index (χ1n) is 7.69. The molecule has 3 rings (SSSR count). The maximum Gasteiger partial charge on any atom is 0.325 e. The lowest BCUT2D eigenvalue weighted by molar-refractivity contribution is -0.131. The monoisotopic (exact) mass is 362 g/mol. The minimum atomic E-state index is -1.23. The molecule has 0 aliphatic carbocycles. The number of urea groups is 1. The van der Waals surface area contributed by atoms with E-state index in [1.54, 1.807) is 31.2 Å². The molecule has 1 heterocycles. The van der Waals surface area contributed by atoms with Gasteiger partial charge in [0.05, 0.1) is 11.6 Å². The molecule has 7 heteroatoms. The van der Waals surface area contributed by atoms with Gasteiger partial charge in [0.15, 0.2) is 0 Å². The maximum absolute atomic E-state index is 13.1. The predicted octanol–water partition coefficient (Wildman–Crippen LogP) is 3.33. The minimum Gasteiger partial charge on any atom is -0.490 e. The van der Waals surface area contributed by atoms with Gasteiger partial charge in [-0.1, -0.05) is 35.9 Å². The van der Waals surface area contributed by atoms with E-state index in [4.69, 9.17) is 16.3 Å². The zero-order valence-electron chi connectivity index (χ0n) is 13.5. The van der Waals surface area contributed by atoms with E-state index in [1.807, 2.05) is 0 Å². The number of hydrogen-bond acceptors (Lipinski definition) is 3. The second-order valence-corrected chi connectivity index (χ2v) is 6.20. The van der Waals surface area contributed by atoms with Gasteiger partial charge in [-0.05, 0) is 36.8 Å². The quantitative estimate of drug-likeness (QED) is 0.830. The number of nitrogens with zero attached hydrogens (tertiary/aromatic N) is 1. The highest BCUT2D eigenvalue weighted by Gasteiger charge is 2.48. The van der Waals surface area contributed by atoms with Crippen LogP contribution in [0.3, 0.4) is 0 Å². The first-order chi connectivity index (χ1) is 11.9. The summed E-state index contributed by atoms with van der Waals surface area (Å²) in [4.78, 5) is 26.0. The standard InChI is InChI=1S/C18H16ClFN2O3/c1-18(12-6-8-13(20)9-7-12)16(23)22(17(24)21-18)10-11-25-15-5-3-2-4-14(15)19/h2-9H,10-11H2,1H3,(H,21,24)/t18-/m1/s1. The van der Waals surface area contributed by atoms with Crippen molar-refractivity contribution < 1.29 is 18.7 Å². The Labute approximate surface area is 149 Å². The normalized spacial score (nSPS) is 19.9. The summed E-state index contributed by atoms with van der Waals surface area (Å²) in [5.74, 6) is -0.335. The number of amides is 3. The Balaban J connectivity index is 1.69. The number of nitrogens with one attached hydrogen (secondary N) is 1. The lowest BCUT2D eigenvalue weighted by Gasteiger charge is -2.22. The molecule has 0 saturated carbocycles. The molecular weight excluding hydrogens is 347 g/mol. The smallest absolute Gasteiger partial charge is 0.325 e. The highest BCUT2D eigenvalue weighted by Crippen LogP contribution is 2.29. The summed E-state index contributed by atoms with van der Waals surface area (Å²) < 4.78 is 18.6. The van der Waals surface area contributed by atoms with Gasteiger partial charge in [0.1, 0.15) is 23.7 Å². The Hall–Kier alpha value is -2.60. The van der Waals surface area contributed by atoms with E-state index in [2.05, 4.69) is 5.32 Å². The molecule has 1 aliphatic rings. The number of carbonyl (C=O) groups is 2. The molecule has 1 saturated heterocycles. The van der Waals surface area contributed by atoms with E-state index in [0.29, 0.717) is 16.3 Å². The van der Waals surface area contributed by atoms with Crippen LogP contribution in [0.2, 0.25) is 5.02 Å². The van der Waals surface area contributed by atoms with Crippen molar-refractivity contribution in [3.05, 3.63) is 64.9 Å². The first-order valence-corrected chi connectivity index (χ1v) is 8.07. The van der Waals surface area contributed by atoms with Crippen LogP contribution < -0.4 is 10.1 Å². The van der Waals surface area contributed by atoms with Crippen LogP contribution in [0.1, 0.15) is 12.5 Å². The van der Waals surface area contributed by atoms with Gasteiger partial charge in [0.25, 0.3) is 5.91 Å². The van der Waals surface area contributed by atoms with Gasteiger partial charge in [0, 0.05) is 0 Å². The zero-order chi connectivity index (χ0) is 18.0. The number of halogens is 2. The van der Waals surface area contributed by atoms with Crippen molar-refractivity contribution in [1.29, 1.82) is 0 Å². The van der Waals surface area contributed by atoms with Crippen molar-refractivity contribution in [2.75, 3.05) is 13.2 Å². The van der Waals surface area contributed by atoms with Gasteiger partial charge in [-0.15, -0.1) is 0 Å². The molecule has 1 fully saturated rings. The van der Waals surface area contributed by atoms with E-state index in [1.165, 1.54) is 24.3 Å². The van der Waals surface area contributed by atoms with Crippen molar-refractivity contribution in [3.8, 4) is 5.75 Å². The summed E-state index contributed by atoms with van der Waals surface area (Å²) in [7, 11) is 0. The van der Waals surface area contributed by atoms with Gasteiger partial charge >= 0.3 is 6.03 Å². The van der Waals surface area contributed by atoms with Crippen LogP contribution in [0, 0.1) is 5.82 Å². The SMILES string of the molecule is C[C@]1(c2ccc(F)cc2)NC(=O)N(CCOc2ccccc2Cl)C1=O. The second kappa shape index (κ2) is 6.72. The molecule has 0 spiro atoms. The van der Waals surface area contributed by atoms with E-state index >= 15 is 0 Å². The molecule has 25 heavy (non-hydrogen) atoms. The molecule has 0 bridgehead atoms. The van der Waals surface area contributed by atoms with Crippen LogP contribution in [0.4, 0.5) is 9.18 Å². The lowest BCUT2D eigenvalue weighted by atomic mass is 9.92. The van der Waals surface area contributed by atoms with Crippen molar-refractivity contribution in [2.24, 2.45) is 0 Å². The highest BCUT2D eigenvalue weighted by molar-refractivity contribution is 6.32. The number of rotatable bonds is 5. The average molecular weight is 363 g/mol. The third-order valence-corrected chi connectivity index (χ3v) is 4.42. The molecule has 0 unspecified atom stereocenters. The molecular formula is C18H16ClFN2O3. The number of hydrogen-bond donors (Lipinski definition) is 1. The fraction of sp³-hybridized carbons (Fsp3) is 0.222. The molecule has 3 amide bonds. The molecule has 1 atom stereocenters. The third kappa shape index (κ3) is 3.30. The molecule has 2 aromatic rings. The van der Waals surface area contributed by atoms with Gasteiger partial charge in [-0.25, -0.2) is 9.18 Å². The maximum atomic E-state index is 13.1. The van der Waals surface area contributed by atoms with Crippen LogP contribution in [-0.2, 0) is 10.3 Å². The van der Waals surface area contributed by atoms with Crippen LogP contribution in [0.25, 0.3) is 0 Å². The Morgan fingerprint density at radius 1 is 1.16 bits per heavy atom. The largest absolute Gasteiger partial charge is 0.490 e. The van der Waals surface area contributed by atoms with Gasteiger partial charge in [-0.3, -0.25) is 9.69 Å². The summed E-state index contributed by atoms with van der Waals surface area (Å²) in [5, 5.41) is 3.11. The number of benzene rings is 2. The molecule has 0 aromatic heterocycles. The number of para-hydroxylation sites is 1. The van der Waals surface area contributed by atoms with Gasteiger partial charge in [-0.2, -0.15) is 0 Å². The summed E-state index contributed by atoms with van der Waals surface area (Å²) >= 11 is 6.00. The minimum absolute atomic E-state index is 0.0761. The van der Waals surface area contributed by atoms with Crippen molar-refractivity contribution >= 4 is 23.5 Å². The first kappa shape index (κ1) is 17.2. The number of imide groups is 1. The number of ether oxygens (including phenoxy) is 1. The Bertz CT molecular complexity index is 812. The molecule has 1 N–H and O–H groups in total. The van der Waals surface area contributed by atoms with Crippen LogP contribution in [-0.4, -0.2) is 30.0 Å². The molecule has 1 aliphatic heterocycles. The Morgan fingerprint density at radius 3 is 2.52 bits per heavy atom. The zero-order valence-corrected chi connectivity index (χ0v) is 14.2. The molecule has 130 valence electrons. The lowest BCUT2D eigenvalue weighted by Crippen LogP contribution is -2.41. The highest BCUT2D eigenvalue weighted by atomic mass is 35.5. The van der Waals surface area contributed by atoms with E-state index in [-0.39, 0.29) is 13.2 Å². The van der Waals surface area contributed by atoms with Crippen molar-refractivity contribution in [1.82, 2.24) is 10.2 Å². The second-order valence-electron chi connectivity index (χ2n) is 5.80. The van der Waals surface area contributed by atoms with E-state index < -0.39 is 23.3 Å². The summed E-state index contributed by atoms with van der Waals surface area (Å²) in [6, 6.07) is 11.9. The van der Waals surface area contributed by atoms with Crippen LogP contribution >= 0.6 is 11.6 Å². The van der Waals surface area contributed by atoms with E-state index in [9.17, 15) is 14.0 Å². The summed E-state index contributed by atoms with van der Waals surface area (Å²) in [6.07, 6.45) is 0. The fourth-order valence-corrected chi connectivity index (χ4v) is 2.88. The Morgan fingerprint density at radius 2 is 1.84 bits per heavy atom. The predicted molar refractivity (Wildman–Crippen MR) is 90.9 cm³/mol. The van der Waals surface area contributed by atoms with Crippen LogP contribution in [0.15, 0.2) is 48.5 Å². The summed E-state index contributed by atoms with van der Waals surface area (Å²) in [6.45, 7) is 1.78. The van der Waals surface area contributed by atoms with Crippen molar-refractivity contribution in [2.45, 2.75) is 12.5 Å². The molecule has 2 aromatic carbocycles. The Kier molecular flexibility index (Phi) is 4.63. The third-order valence-electron chi connectivity index (χ3n) is 4.11. The summed E-state index contributed by atoms with van der Waals surface area (Å²) in [5.41, 5.74) is -0.711. The van der Waals surface area contributed by atoms with Gasteiger partial charge in [0.2, 0.25) is 0 Å². The number of carbonyl (C=O) groups excluding carboxylic acids is 2. The van der Waals surface area contributed by atoms with E-state index in [0.717, 1.165) is 4.90 Å². The molecule has 0 radical (unpaired) electrons. The van der Waals surface area contributed by atoms with Gasteiger partial charge < -0.3 is 10.1 Å². The average Bonchev–Trinajstić information content (AvgIpc) is 2.81. The fourth-order valence-electron chi connectivity index (χ4n) is 2.69. The van der Waals surface area contributed by atoms with Crippen LogP contribution in [0.5, 0.6) is 5.75 Å². The topological polar surface area (TPSA) is 58.6 Å². The van der Waals surface area contributed by atoms with Crippen molar-refractivity contribution in [3.63, 3.8) is 0 Å². The molecule has 5 nitrogen and oxygen atoms in total.